The maximum absolute atomic E-state index is 9.28. The van der Waals surface area contributed by atoms with Gasteiger partial charge in [0, 0.05) is 18.1 Å². The van der Waals surface area contributed by atoms with E-state index >= 15 is 0 Å². The van der Waals surface area contributed by atoms with Crippen molar-refractivity contribution in [1.29, 1.82) is 0 Å². The number of aliphatic hydroxyl groups excluding tert-OH is 1. The number of methoxy groups -OCH3 is 1. The maximum Gasteiger partial charge on any atom is 0.264 e. The molecule has 0 unspecified atom stereocenters. The van der Waals surface area contributed by atoms with E-state index in [-0.39, 0.29) is 13.2 Å². The first-order chi connectivity index (χ1) is 9.76. The second-order valence-corrected chi connectivity index (χ2v) is 4.27. The summed E-state index contributed by atoms with van der Waals surface area (Å²) in [5.41, 5.74) is 0.680. The van der Waals surface area contributed by atoms with E-state index in [4.69, 9.17) is 14.0 Å². The van der Waals surface area contributed by atoms with Crippen LogP contribution in [-0.2, 0) is 19.6 Å². The number of hydrogen-bond donors (Lipinski definition) is 1. The van der Waals surface area contributed by atoms with Gasteiger partial charge in [-0.05, 0) is 18.6 Å². The number of aromatic nitrogens is 2. The summed E-state index contributed by atoms with van der Waals surface area (Å²) in [4.78, 5) is 4.22. The molecule has 20 heavy (non-hydrogen) atoms. The molecule has 1 aromatic heterocycles. The minimum absolute atomic E-state index is 0.107. The third kappa shape index (κ3) is 3.48. The quantitative estimate of drug-likeness (QED) is 0.835. The van der Waals surface area contributed by atoms with Crippen LogP contribution in [0.3, 0.4) is 0 Å². The number of ether oxygens (including phenoxy) is 2. The van der Waals surface area contributed by atoms with Gasteiger partial charge in [-0.3, -0.25) is 0 Å². The van der Waals surface area contributed by atoms with Crippen molar-refractivity contribution in [3.8, 4) is 11.5 Å². The minimum atomic E-state index is -0.107. The van der Waals surface area contributed by atoms with E-state index in [2.05, 4.69) is 17.1 Å². The summed E-state index contributed by atoms with van der Waals surface area (Å²) in [6.45, 7) is 2.11. The molecule has 0 aliphatic heterocycles. The van der Waals surface area contributed by atoms with Gasteiger partial charge in [0.05, 0.1) is 13.7 Å². The Morgan fingerprint density at radius 3 is 2.90 bits per heavy atom. The van der Waals surface area contributed by atoms with E-state index in [1.165, 1.54) is 0 Å². The molecule has 6 heteroatoms. The molecule has 6 nitrogen and oxygen atoms in total. The van der Waals surface area contributed by atoms with Crippen molar-refractivity contribution in [1.82, 2.24) is 10.1 Å². The highest BCUT2D eigenvalue weighted by atomic mass is 16.5. The van der Waals surface area contributed by atoms with Crippen LogP contribution in [-0.4, -0.2) is 22.4 Å². The van der Waals surface area contributed by atoms with Crippen LogP contribution in [0.25, 0.3) is 0 Å². The predicted molar refractivity (Wildman–Crippen MR) is 71.5 cm³/mol. The number of nitrogens with zero attached hydrogens (tertiary/aromatic N) is 2. The Kier molecular flexibility index (Phi) is 4.95. The molecule has 0 radical (unpaired) electrons. The first kappa shape index (κ1) is 14.3. The monoisotopic (exact) mass is 278 g/mol. The van der Waals surface area contributed by atoms with Crippen molar-refractivity contribution in [2.75, 3.05) is 7.11 Å². The average molecular weight is 278 g/mol. The topological polar surface area (TPSA) is 77.6 Å². The molecule has 0 aliphatic rings. The molecule has 0 amide bonds. The van der Waals surface area contributed by atoms with E-state index in [0.29, 0.717) is 28.8 Å². The van der Waals surface area contributed by atoms with Crippen LogP contribution < -0.4 is 9.47 Å². The molecule has 1 heterocycles. The molecule has 0 fully saturated rings. The third-order valence-corrected chi connectivity index (χ3v) is 2.78. The van der Waals surface area contributed by atoms with Crippen LogP contribution in [0.2, 0.25) is 0 Å². The standard InChI is InChI=1S/C14H18N2O4/c1-3-4-13-15-14(20-16-13)9-19-12-7-11(18-2)6-5-10(12)8-17/h5-7,17H,3-4,8-9H2,1-2H3. The lowest BCUT2D eigenvalue weighted by Crippen LogP contribution is -2.00. The van der Waals surface area contributed by atoms with Crippen molar-refractivity contribution < 1.29 is 19.1 Å². The van der Waals surface area contributed by atoms with Crippen molar-refractivity contribution in [3.63, 3.8) is 0 Å². The SMILES string of the molecule is CCCc1noc(COc2cc(OC)ccc2CO)n1. The molecular formula is C14H18N2O4. The average Bonchev–Trinajstić information content (AvgIpc) is 2.93. The van der Waals surface area contributed by atoms with Gasteiger partial charge in [0.25, 0.3) is 5.89 Å². The molecular weight excluding hydrogens is 260 g/mol. The maximum atomic E-state index is 9.28. The predicted octanol–water partition coefficient (Wildman–Crippen LogP) is 2.10. The normalized spacial score (nSPS) is 10.6. The molecule has 0 spiro atoms. The smallest absolute Gasteiger partial charge is 0.264 e. The van der Waals surface area contributed by atoms with Crippen LogP contribution >= 0.6 is 0 Å². The Bertz CT molecular complexity index is 554. The number of rotatable bonds is 7. The van der Waals surface area contributed by atoms with E-state index < -0.39 is 0 Å². The van der Waals surface area contributed by atoms with Gasteiger partial charge < -0.3 is 19.1 Å². The van der Waals surface area contributed by atoms with Gasteiger partial charge in [-0.1, -0.05) is 12.1 Å². The summed E-state index contributed by atoms with van der Waals surface area (Å²) < 4.78 is 15.8. The summed E-state index contributed by atoms with van der Waals surface area (Å²) >= 11 is 0. The molecule has 0 aliphatic carbocycles. The van der Waals surface area contributed by atoms with Crippen LogP contribution in [0.5, 0.6) is 11.5 Å². The fourth-order valence-electron chi connectivity index (χ4n) is 1.74. The highest BCUT2D eigenvalue weighted by Crippen LogP contribution is 2.25. The van der Waals surface area contributed by atoms with Crippen molar-refractivity contribution in [2.45, 2.75) is 33.0 Å². The van der Waals surface area contributed by atoms with Crippen LogP contribution in [0.1, 0.15) is 30.6 Å². The fourth-order valence-corrected chi connectivity index (χ4v) is 1.74. The van der Waals surface area contributed by atoms with Crippen LogP contribution in [0.4, 0.5) is 0 Å². The molecule has 0 saturated carbocycles. The van der Waals surface area contributed by atoms with Gasteiger partial charge in [-0.15, -0.1) is 0 Å². The van der Waals surface area contributed by atoms with Crippen molar-refractivity contribution in [3.05, 3.63) is 35.5 Å². The minimum Gasteiger partial charge on any atom is -0.497 e. The largest absolute Gasteiger partial charge is 0.497 e. The Morgan fingerprint density at radius 1 is 1.35 bits per heavy atom. The molecule has 108 valence electrons. The number of aliphatic hydroxyl groups is 1. The molecule has 2 rings (SSSR count). The van der Waals surface area contributed by atoms with Crippen molar-refractivity contribution in [2.24, 2.45) is 0 Å². The van der Waals surface area contributed by atoms with Gasteiger partial charge in [0.2, 0.25) is 0 Å². The van der Waals surface area contributed by atoms with Gasteiger partial charge in [0.15, 0.2) is 12.4 Å². The molecule has 2 aromatic rings. The van der Waals surface area contributed by atoms with Gasteiger partial charge in [-0.25, -0.2) is 0 Å². The molecule has 1 aromatic carbocycles. The molecule has 0 bridgehead atoms. The zero-order valence-electron chi connectivity index (χ0n) is 11.6. The highest BCUT2D eigenvalue weighted by Gasteiger charge is 2.09. The Morgan fingerprint density at radius 2 is 2.20 bits per heavy atom. The summed E-state index contributed by atoms with van der Waals surface area (Å²) in [6.07, 6.45) is 1.74. The van der Waals surface area contributed by atoms with E-state index in [9.17, 15) is 5.11 Å². The lowest BCUT2D eigenvalue weighted by Gasteiger charge is -2.10. The van der Waals surface area contributed by atoms with E-state index in [0.717, 1.165) is 12.8 Å². The Labute approximate surface area is 117 Å². The molecule has 0 atom stereocenters. The summed E-state index contributed by atoms with van der Waals surface area (Å²) in [7, 11) is 1.58. The van der Waals surface area contributed by atoms with Gasteiger partial charge >= 0.3 is 0 Å². The highest BCUT2D eigenvalue weighted by molar-refractivity contribution is 5.40. The fraction of sp³-hybridized carbons (Fsp3) is 0.429. The zero-order valence-corrected chi connectivity index (χ0v) is 11.6. The summed E-state index contributed by atoms with van der Waals surface area (Å²) in [6, 6.07) is 5.24. The van der Waals surface area contributed by atoms with Gasteiger partial charge in [0.1, 0.15) is 11.5 Å². The van der Waals surface area contributed by atoms with E-state index in [1.807, 2.05) is 0 Å². The third-order valence-electron chi connectivity index (χ3n) is 2.78. The Balaban J connectivity index is 2.05. The number of aryl methyl sites for hydroxylation is 1. The van der Waals surface area contributed by atoms with E-state index in [1.54, 1.807) is 25.3 Å². The molecule has 1 N–H and O–H groups in total. The zero-order chi connectivity index (χ0) is 14.4. The first-order valence-electron chi connectivity index (χ1n) is 6.48. The lowest BCUT2D eigenvalue weighted by atomic mass is 10.2. The van der Waals surface area contributed by atoms with Gasteiger partial charge in [-0.2, -0.15) is 4.98 Å². The summed E-state index contributed by atoms with van der Waals surface area (Å²) in [5.74, 6) is 2.30. The second-order valence-electron chi connectivity index (χ2n) is 4.27. The first-order valence-corrected chi connectivity index (χ1v) is 6.48. The molecule has 0 saturated heterocycles. The van der Waals surface area contributed by atoms with Crippen LogP contribution in [0.15, 0.2) is 22.7 Å². The number of hydrogen-bond acceptors (Lipinski definition) is 6. The van der Waals surface area contributed by atoms with Crippen LogP contribution in [0, 0.1) is 0 Å². The van der Waals surface area contributed by atoms with Crippen molar-refractivity contribution >= 4 is 0 Å². The Hall–Kier alpha value is -2.08. The lowest BCUT2D eigenvalue weighted by molar-refractivity contribution is 0.228. The number of benzene rings is 1. The second kappa shape index (κ2) is 6.91. The summed E-state index contributed by atoms with van der Waals surface area (Å²) in [5, 5.41) is 13.1.